The fraction of sp³-hybridized carbons (Fsp3) is 0.182. The van der Waals surface area contributed by atoms with Crippen molar-refractivity contribution < 1.29 is 8.42 Å². The lowest BCUT2D eigenvalue weighted by Crippen LogP contribution is -2.34. The van der Waals surface area contributed by atoms with Crippen LogP contribution in [0, 0.1) is 0 Å². The summed E-state index contributed by atoms with van der Waals surface area (Å²) in [5.41, 5.74) is 8.35. The Kier molecular flexibility index (Phi) is 4.40. The van der Waals surface area contributed by atoms with Gasteiger partial charge in [0.1, 0.15) is 0 Å². The van der Waals surface area contributed by atoms with E-state index in [0.29, 0.717) is 17.5 Å². The lowest BCUT2D eigenvalue weighted by atomic mass is 9.96. The summed E-state index contributed by atoms with van der Waals surface area (Å²) in [5.74, 6) is 0. The van der Waals surface area contributed by atoms with Crippen LogP contribution < -0.4 is 10.5 Å². The summed E-state index contributed by atoms with van der Waals surface area (Å²) < 4.78 is 28.9. The highest BCUT2D eigenvalue weighted by atomic mass is 32.2. The third kappa shape index (κ3) is 3.61. The fourth-order valence-electron chi connectivity index (χ4n) is 3.52. The highest BCUT2D eigenvalue weighted by Gasteiger charge is 2.19. The number of H-pyrrole nitrogens is 1. The van der Waals surface area contributed by atoms with Crippen molar-refractivity contribution in [3.8, 4) is 0 Å². The first kappa shape index (κ1) is 18.5. The average Bonchev–Trinajstić information content (AvgIpc) is 3.01. The highest BCUT2D eigenvalue weighted by molar-refractivity contribution is 7.93. The third-order valence-electron chi connectivity index (χ3n) is 4.70. The number of sulfonamides is 1. The zero-order valence-corrected chi connectivity index (χ0v) is 16.7. The molecule has 0 spiro atoms. The second-order valence-electron chi connectivity index (χ2n) is 7.82. The van der Waals surface area contributed by atoms with Gasteiger partial charge in [-0.15, -0.1) is 0 Å². The molecule has 0 atom stereocenters. The van der Waals surface area contributed by atoms with Crippen LogP contribution in [0.3, 0.4) is 0 Å². The van der Waals surface area contributed by atoms with E-state index in [1.54, 1.807) is 18.2 Å². The SMILES string of the molecule is CC(C)(N)Cc1c[nH]c2ccc(NS(=O)(=O)c3cccc4ccccc34)cc12. The van der Waals surface area contributed by atoms with Gasteiger partial charge in [0.25, 0.3) is 10.0 Å². The van der Waals surface area contributed by atoms with Crippen LogP contribution >= 0.6 is 0 Å². The predicted molar refractivity (Wildman–Crippen MR) is 115 cm³/mol. The molecular weight excluding hydrogens is 370 g/mol. The Morgan fingerprint density at radius 1 is 1.00 bits per heavy atom. The molecular formula is C22H23N3O2S. The number of hydrogen-bond acceptors (Lipinski definition) is 3. The Hall–Kier alpha value is -2.83. The number of benzene rings is 3. The van der Waals surface area contributed by atoms with E-state index >= 15 is 0 Å². The molecule has 0 fully saturated rings. The van der Waals surface area contributed by atoms with E-state index in [0.717, 1.165) is 21.9 Å². The largest absolute Gasteiger partial charge is 0.361 e. The second-order valence-corrected chi connectivity index (χ2v) is 9.47. The molecule has 0 amide bonds. The first-order chi connectivity index (χ1) is 13.2. The zero-order chi connectivity index (χ0) is 19.9. The summed E-state index contributed by atoms with van der Waals surface area (Å²) in [4.78, 5) is 3.49. The number of rotatable bonds is 5. The van der Waals surface area contributed by atoms with Gasteiger partial charge >= 0.3 is 0 Å². The molecule has 0 radical (unpaired) electrons. The maximum absolute atomic E-state index is 13.1. The number of anilines is 1. The van der Waals surface area contributed by atoms with Gasteiger partial charge in [0.2, 0.25) is 0 Å². The van der Waals surface area contributed by atoms with Crippen LogP contribution in [0.2, 0.25) is 0 Å². The molecule has 1 aromatic heterocycles. The second kappa shape index (κ2) is 6.65. The summed E-state index contributed by atoms with van der Waals surface area (Å²) in [5, 5.41) is 2.56. The van der Waals surface area contributed by atoms with Crippen LogP contribution in [-0.4, -0.2) is 18.9 Å². The molecule has 4 rings (SSSR count). The first-order valence-electron chi connectivity index (χ1n) is 9.12. The number of nitrogens with one attached hydrogen (secondary N) is 2. The molecule has 0 saturated carbocycles. The van der Waals surface area contributed by atoms with Gasteiger partial charge in [-0.05, 0) is 55.5 Å². The van der Waals surface area contributed by atoms with Gasteiger partial charge < -0.3 is 10.7 Å². The zero-order valence-electron chi connectivity index (χ0n) is 15.9. The van der Waals surface area contributed by atoms with E-state index in [1.807, 2.05) is 62.5 Å². The van der Waals surface area contributed by atoms with Crippen LogP contribution in [0.5, 0.6) is 0 Å². The van der Waals surface area contributed by atoms with E-state index in [9.17, 15) is 8.42 Å². The Morgan fingerprint density at radius 3 is 2.54 bits per heavy atom. The summed E-state index contributed by atoms with van der Waals surface area (Å²) in [6, 6.07) is 18.2. The Balaban J connectivity index is 1.73. The van der Waals surface area contributed by atoms with E-state index < -0.39 is 10.0 Å². The van der Waals surface area contributed by atoms with Gasteiger partial charge in [0.05, 0.1) is 4.90 Å². The average molecular weight is 394 g/mol. The molecule has 0 aliphatic carbocycles. The van der Waals surface area contributed by atoms with E-state index in [1.165, 1.54) is 0 Å². The molecule has 0 bridgehead atoms. The normalized spacial score (nSPS) is 12.5. The van der Waals surface area contributed by atoms with E-state index in [-0.39, 0.29) is 10.4 Å². The number of hydrogen-bond donors (Lipinski definition) is 3. The number of fused-ring (bicyclic) bond motifs is 2. The van der Waals surface area contributed by atoms with Gasteiger partial charge in [-0.3, -0.25) is 4.72 Å². The molecule has 4 N–H and O–H groups in total. The van der Waals surface area contributed by atoms with Gasteiger partial charge in [-0.2, -0.15) is 0 Å². The van der Waals surface area contributed by atoms with E-state index in [4.69, 9.17) is 5.73 Å². The molecule has 1 heterocycles. The van der Waals surface area contributed by atoms with Crippen molar-refractivity contribution in [1.82, 2.24) is 4.98 Å². The minimum Gasteiger partial charge on any atom is -0.361 e. The van der Waals surface area contributed by atoms with Crippen LogP contribution in [0.15, 0.2) is 71.8 Å². The highest BCUT2D eigenvalue weighted by Crippen LogP contribution is 2.28. The minimum atomic E-state index is -3.72. The number of aromatic amines is 1. The summed E-state index contributed by atoms with van der Waals surface area (Å²) in [6.07, 6.45) is 2.62. The molecule has 3 aromatic carbocycles. The van der Waals surface area contributed by atoms with Crippen molar-refractivity contribution in [2.24, 2.45) is 5.73 Å². The summed E-state index contributed by atoms with van der Waals surface area (Å²) >= 11 is 0. The minimum absolute atomic E-state index is 0.267. The van der Waals surface area contributed by atoms with Crippen LogP contribution in [0.25, 0.3) is 21.7 Å². The van der Waals surface area contributed by atoms with Gasteiger partial charge in [-0.1, -0.05) is 36.4 Å². The van der Waals surface area contributed by atoms with Crippen LogP contribution in [0.1, 0.15) is 19.4 Å². The molecule has 0 saturated heterocycles. The lowest BCUT2D eigenvalue weighted by molar-refractivity contribution is 0.518. The third-order valence-corrected chi connectivity index (χ3v) is 6.14. The number of aromatic nitrogens is 1. The molecule has 5 nitrogen and oxygen atoms in total. The molecule has 6 heteroatoms. The lowest BCUT2D eigenvalue weighted by Gasteiger charge is -2.17. The molecule has 144 valence electrons. The topological polar surface area (TPSA) is 88.0 Å². The number of nitrogens with two attached hydrogens (primary N) is 1. The Morgan fingerprint density at radius 2 is 1.75 bits per heavy atom. The monoisotopic (exact) mass is 393 g/mol. The first-order valence-corrected chi connectivity index (χ1v) is 10.6. The van der Waals surface area contributed by atoms with Crippen LogP contribution in [-0.2, 0) is 16.4 Å². The summed E-state index contributed by atoms with van der Waals surface area (Å²) in [7, 11) is -3.72. The Bertz CT molecular complexity index is 1260. The maximum Gasteiger partial charge on any atom is 0.262 e. The van der Waals surface area contributed by atoms with Crippen molar-refractivity contribution in [2.45, 2.75) is 30.7 Å². The standard InChI is InChI=1S/C22H23N3O2S/c1-22(2,23)13-16-14-24-20-11-10-17(12-19(16)20)25-28(26,27)21-9-5-7-15-6-3-4-8-18(15)21/h3-12,14,24-25H,13,23H2,1-2H3. The van der Waals surface area contributed by atoms with Crippen molar-refractivity contribution in [1.29, 1.82) is 0 Å². The predicted octanol–water partition coefficient (Wildman–Crippen LogP) is 4.40. The summed E-state index contributed by atoms with van der Waals surface area (Å²) in [6.45, 7) is 3.94. The molecule has 0 aliphatic rings. The van der Waals surface area contributed by atoms with E-state index in [2.05, 4.69) is 9.71 Å². The van der Waals surface area contributed by atoms with Crippen molar-refractivity contribution in [3.05, 3.63) is 72.4 Å². The van der Waals surface area contributed by atoms with Gasteiger partial charge in [0.15, 0.2) is 0 Å². The quantitative estimate of drug-likeness (QED) is 0.469. The molecule has 28 heavy (non-hydrogen) atoms. The fourth-order valence-corrected chi connectivity index (χ4v) is 4.80. The smallest absolute Gasteiger partial charge is 0.262 e. The molecule has 0 unspecified atom stereocenters. The van der Waals surface area contributed by atoms with Crippen LogP contribution in [0.4, 0.5) is 5.69 Å². The van der Waals surface area contributed by atoms with Crippen molar-refractivity contribution in [3.63, 3.8) is 0 Å². The maximum atomic E-state index is 13.1. The van der Waals surface area contributed by atoms with Crippen molar-refractivity contribution in [2.75, 3.05) is 4.72 Å². The molecule has 0 aliphatic heterocycles. The van der Waals surface area contributed by atoms with Gasteiger partial charge in [0, 0.05) is 33.7 Å². The Labute approximate surface area is 164 Å². The van der Waals surface area contributed by atoms with Crippen molar-refractivity contribution >= 4 is 37.4 Å². The molecule has 4 aromatic rings. The van der Waals surface area contributed by atoms with Gasteiger partial charge in [-0.25, -0.2) is 8.42 Å².